The minimum absolute atomic E-state index is 0.00236. The molecule has 2 aromatic rings. The third-order valence-electron chi connectivity index (χ3n) is 3.73. The van der Waals surface area contributed by atoms with Crippen molar-refractivity contribution in [2.75, 3.05) is 5.32 Å². The van der Waals surface area contributed by atoms with Gasteiger partial charge in [0, 0.05) is 0 Å². The zero-order chi connectivity index (χ0) is 17.2. The van der Waals surface area contributed by atoms with Crippen molar-refractivity contribution in [1.82, 2.24) is 0 Å². The van der Waals surface area contributed by atoms with Crippen LogP contribution in [0.4, 0.5) is 10.5 Å². The second kappa shape index (κ2) is 6.35. The summed E-state index contributed by atoms with van der Waals surface area (Å²) in [6.07, 6.45) is -0.284. The van der Waals surface area contributed by atoms with Crippen LogP contribution in [0.25, 0.3) is 0 Å². The van der Waals surface area contributed by atoms with Gasteiger partial charge in [-0.1, -0.05) is 36.4 Å². The third kappa shape index (κ3) is 3.56. The highest BCUT2D eigenvalue weighted by Gasteiger charge is 2.34. The Hall–Kier alpha value is -2.82. The first-order chi connectivity index (χ1) is 11.4. The Morgan fingerprint density at radius 3 is 2.67 bits per heavy atom. The van der Waals surface area contributed by atoms with Crippen molar-refractivity contribution in [3.8, 4) is 5.75 Å². The van der Waals surface area contributed by atoms with Gasteiger partial charge in [-0.15, -0.1) is 0 Å². The monoisotopic (exact) mass is 325 g/mol. The van der Waals surface area contributed by atoms with Gasteiger partial charge in [0.2, 0.25) is 0 Å². The number of rotatable bonds is 3. The number of nitrogens with one attached hydrogen (secondary N) is 1. The maximum atomic E-state index is 12.2. The molecular weight excluding hydrogens is 306 g/mol. The van der Waals surface area contributed by atoms with Crippen molar-refractivity contribution >= 4 is 17.6 Å². The molecule has 24 heavy (non-hydrogen) atoms. The molecule has 0 aliphatic carbocycles. The Kier molecular flexibility index (Phi) is 4.25. The van der Waals surface area contributed by atoms with Crippen molar-refractivity contribution < 1.29 is 19.1 Å². The average molecular weight is 325 g/mol. The highest BCUT2D eigenvalue weighted by molar-refractivity contribution is 6.03. The summed E-state index contributed by atoms with van der Waals surface area (Å²) in [5, 5.41) is 2.66. The van der Waals surface area contributed by atoms with Crippen LogP contribution in [-0.4, -0.2) is 17.5 Å². The van der Waals surface area contributed by atoms with E-state index < -0.39 is 11.7 Å². The Labute approximate surface area is 140 Å². The minimum atomic E-state index is -0.601. The molecule has 0 atom stereocenters. The van der Waals surface area contributed by atoms with Crippen LogP contribution in [0.2, 0.25) is 0 Å². The second-order valence-electron chi connectivity index (χ2n) is 6.33. The van der Waals surface area contributed by atoms with Gasteiger partial charge in [-0.05, 0) is 31.5 Å². The van der Waals surface area contributed by atoms with Gasteiger partial charge in [0.05, 0.1) is 17.7 Å². The maximum Gasteiger partial charge on any atom is 0.412 e. The smallest absolute Gasteiger partial charge is 0.412 e. The maximum absolute atomic E-state index is 12.2. The van der Waals surface area contributed by atoms with Crippen LogP contribution in [0.1, 0.15) is 36.2 Å². The molecule has 0 fully saturated rings. The van der Waals surface area contributed by atoms with Gasteiger partial charge in [-0.25, -0.2) is 4.79 Å². The van der Waals surface area contributed by atoms with Crippen LogP contribution >= 0.6 is 0 Å². The van der Waals surface area contributed by atoms with E-state index in [0.717, 1.165) is 5.56 Å². The molecule has 3 rings (SSSR count). The minimum Gasteiger partial charge on any atom is -0.484 e. The number of carbonyl (C=O) groups is 2. The molecule has 1 aliphatic heterocycles. The normalized spacial score (nSPS) is 15.2. The molecule has 1 heterocycles. The number of Topliss-reactive ketones (excluding diaryl/α,β-unsaturated/α-hetero) is 1. The van der Waals surface area contributed by atoms with E-state index in [-0.39, 0.29) is 12.4 Å². The summed E-state index contributed by atoms with van der Waals surface area (Å²) < 4.78 is 11.1. The molecule has 124 valence electrons. The number of para-hydroxylation sites is 1. The van der Waals surface area contributed by atoms with Crippen molar-refractivity contribution in [2.45, 2.75) is 32.5 Å². The lowest BCUT2D eigenvalue weighted by Gasteiger charge is -2.32. The quantitative estimate of drug-likeness (QED) is 0.919. The Morgan fingerprint density at radius 1 is 1.17 bits per heavy atom. The Bertz CT molecular complexity index is 768. The highest BCUT2D eigenvalue weighted by atomic mass is 16.5. The van der Waals surface area contributed by atoms with Gasteiger partial charge in [-0.2, -0.15) is 0 Å². The predicted molar refractivity (Wildman–Crippen MR) is 90.3 cm³/mol. The molecule has 0 bridgehead atoms. The number of carbonyl (C=O) groups excluding carboxylic acids is 2. The summed E-state index contributed by atoms with van der Waals surface area (Å²) in [6.45, 7) is 3.86. The van der Waals surface area contributed by atoms with Gasteiger partial charge in [0.1, 0.15) is 12.2 Å². The molecule has 2 aromatic carbocycles. The van der Waals surface area contributed by atoms with Gasteiger partial charge < -0.3 is 9.47 Å². The fourth-order valence-electron chi connectivity index (χ4n) is 2.63. The standard InChI is InChI=1S/C19H19NO4/c1-19(2)11-16(21)14-9-6-10-15(17(14)24-19)20-18(22)23-12-13-7-4-3-5-8-13/h3-10H,11-12H2,1-2H3,(H,20,22). The lowest BCUT2D eigenvalue weighted by molar-refractivity contribution is 0.0623. The molecule has 5 heteroatoms. The van der Waals surface area contributed by atoms with Gasteiger partial charge in [0.15, 0.2) is 11.5 Å². The molecular formula is C19H19NO4. The number of ether oxygens (including phenoxy) is 2. The fraction of sp³-hybridized carbons (Fsp3) is 0.263. The first-order valence-electron chi connectivity index (χ1n) is 7.77. The third-order valence-corrected chi connectivity index (χ3v) is 3.73. The Morgan fingerprint density at radius 2 is 1.92 bits per heavy atom. The molecule has 0 aromatic heterocycles. The largest absolute Gasteiger partial charge is 0.484 e. The SMILES string of the molecule is CC1(C)CC(=O)c2cccc(NC(=O)OCc3ccccc3)c2O1. The second-order valence-corrected chi connectivity index (χ2v) is 6.33. The van der Waals surface area contributed by atoms with E-state index in [1.165, 1.54) is 0 Å². The number of benzene rings is 2. The van der Waals surface area contributed by atoms with E-state index in [1.54, 1.807) is 18.2 Å². The summed E-state index contributed by atoms with van der Waals surface area (Å²) in [4.78, 5) is 24.3. The van der Waals surface area contributed by atoms with Crippen LogP contribution in [0.5, 0.6) is 5.75 Å². The predicted octanol–water partition coefficient (Wildman–Crippen LogP) is 4.18. The summed E-state index contributed by atoms with van der Waals surface area (Å²) in [5.41, 5.74) is 1.22. The molecule has 1 aliphatic rings. The number of ketones is 1. The van der Waals surface area contributed by atoms with Crippen LogP contribution in [0.15, 0.2) is 48.5 Å². The van der Waals surface area contributed by atoms with Gasteiger partial charge >= 0.3 is 6.09 Å². The average Bonchev–Trinajstić information content (AvgIpc) is 2.54. The molecule has 0 saturated carbocycles. The number of hydrogen-bond acceptors (Lipinski definition) is 4. The van der Waals surface area contributed by atoms with Gasteiger partial charge in [-0.3, -0.25) is 10.1 Å². The van der Waals surface area contributed by atoms with Crippen molar-refractivity contribution in [1.29, 1.82) is 0 Å². The van der Waals surface area contributed by atoms with Crippen LogP contribution in [-0.2, 0) is 11.3 Å². The summed E-state index contributed by atoms with van der Waals surface area (Å²) in [7, 11) is 0. The van der Waals surface area contributed by atoms with Gasteiger partial charge in [0.25, 0.3) is 0 Å². The van der Waals surface area contributed by atoms with Crippen molar-refractivity contribution in [3.63, 3.8) is 0 Å². The number of fused-ring (bicyclic) bond motifs is 1. The van der Waals surface area contributed by atoms with E-state index in [4.69, 9.17) is 9.47 Å². The topological polar surface area (TPSA) is 64.6 Å². The highest BCUT2D eigenvalue weighted by Crippen LogP contribution is 2.38. The molecule has 0 spiro atoms. The number of amides is 1. The fourth-order valence-corrected chi connectivity index (χ4v) is 2.63. The van der Waals surface area contributed by atoms with E-state index in [9.17, 15) is 9.59 Å². The lowest BCUT2D eigenvalue weighted by atomic mass is 9.92. The molecule has 0 radical (unpaired) electrons. The number of anilines is 1. The summed E-state index contributed by atoms with van der Waals surface area (Å²) >= 11 is 0. The summed E-state index contributed by atoms with van der Waals surface area (Å²) in [6, 6.07) is 14.5. The molecule has 0 unspecified atom stereocenters. The molecule has 5 nitrogen and oxygen atoms in total. The molecule has 1 N–H and O–H groups in total. The number of hydrogen-bond donors (Lipinski definition) is 1. The van der Waals surface area contributed by atoms with Crippen molar-refractivity contribution in [2.24, 2.45) is 0 Å². The molecule has 0 saturated heterocycles. The van der Waals surface area contributed by atoms with E-state index in [1.807, 2.05) is 44.2 Å². The zero-order valence-corrected chi connectivity index (χ0v) is 13.7. The zero-order valence-electron chi connectivity index (χ0n) is 13.7. The van der Waals surface area contributed by atoms with Crippen molar-refractivity contribution in [3.05, 3.63) is 59.7 Å². The first-order valence-corrected chi connectivity index (χ1v) is 7.77. The van der Waals surface area contributed by atoms with Crippen LogP contribution < -0.4 is 10.1 Å². The first kappa shape index (κ1) is 16.1. The summed E-state index contributed by atoms with van der Waals surface area (Å²) in [5.74, 6) is 0.401. The van der Waals surface area contributed by atoms with Crippen LogP contribution in [0.3, 0.4) is 0 Å². The molecule has 1 amide bonds. The lowest BCUT2D eigenvalue weighted by Crippen LogP contribution is -2.36. The van der Waals surface area contributed by atoms with E-state index >= 15 is 0 Å². The van der Waals surface area contributed by atoms with E-state index in [2.05, 4.69) is 5.32 Å². The van der Waals surface area contributed by atoms with Crippen LogP contribution in [0, 0.1) is 0 Å². The Balaban J connectivity index is 1.73. The van der Waals surface area contributed by atoms with E-state index in [0.29, 0.717) is 23.4 Å².